The number of unbranched alkanes of at least 4 members (excludes halogenated alkanes) is 3. The van der Waals surface area contributed by atoms with E-state index in [0.717, 1.165) is 23.9 Å². The molecular formula is C18H33N3S. The molecule has 1 saturated carbocycles. The maximum absolute atomic E-state index is 4.38. The fraction of sp³-hybridized carbons (Fsp3) is 0.722. The molecule has 1 aliphatic rings. The van der Waals surface area contributed by atoms with Crippen molar-refractivity contribution in [2.45, 2.75) is 64.0 Å². The second-order valence-electron chi connectivity index (χ2n) is 6.22. The molecule has 22 heavy (non-hydrogen) atoms. The first-order valence-corrected chi connectivity index (χ1v) is 9.55. The molecule has 0 aromatic carbocycles. The number of pyridine rings is 1. The van der Waals surface area contributed by atoms with Crippen molar-refractivity contribution in [3.8, 4) is 0 Å². The van der Waals surface area contributed by atoms with Gasteiger partial charge in [0.2, 0.25) is 0 Å². The number of nitrogens with zero attached hydrogens (tertiary/aromatic N) is 2. The second-order valence-corrected chi connectivity index (χ2v) is 7.32. The largest absolute Gasteiger partial charge is 0.329 e. The Morgan fingerprint density at radius 2 is 1.91 bits per heavy atom. The van der Waals surface area contributed by atoms with Gasteiger partial charge in [0.15, 0.2) is 0 Å². The van der Waals surface area contributed by atoms with Crippen molar-refractivity contribution in [2.75, 3.05) is 25.4 Å². The maximum atomic E-state index is 4.38. The molecule has 3 nitrogen and oxygen atoms in total. The Bertz CT molecular complexity index is 366. The Hall–Kier alpha value is -0.740. The minimum Gasteiger partial charge on any atom is -0.329 e. The number of hydrogen-bond acceptors (Lipinski definition) is 4. The molecule has 0 bridgehead atoms. The summed E-state index contributed by atoms with van der Waals surface area (Å²) in [4.78, 5) is 6.56. The van der Waals surface area contributed by atoms with Gasteiger partial charge in [-0.1, -0.05) is 39.5 Å². The van der Waals surface area contributed by atoms with Gasteiger partial charge in [-0.05, 0) is 51.0 Å². The lowest BCUT2D eigenvalue weighted by Gasteiger charge is -2.10. The van der Waals surface area contributed by atoms with Gasteiger partial charge in [0.05, 0.1) is 0 Å². The average Bonchev–Trinajstić information content (AvgIpc) is 3.34. The van der Waals surface area contributed by atoms with Crippen molar-refractivity contribution in [2.24, 2.45) is 0 Å². The monoisotopic (exact) mass is 323 g/mol. The molecule has 1 fully saturated rings. The maximum Gasteiger partial charge on any atom is 0.0473 e. The van der Waals surface area contributed by atoms with E-state index in [-0.39, 0.29) is 0 Å². The van der Waals surface area contributed by atoms with Crippen molar-refractivity contribution >= 4 is 17.6 Å². The zero-order valence-electron chi connectivity index (χ0n) is 14.8. The topological polar surface area (TPSA) is 28.2 Å². The molecule has 2 rings (SSSR count). The van der Waals surface area contributed by atoms with Crippen LogP contribution in [0.1, 0.15) is 58.1 Å². The summed E-state index contributed by atoms with van der Waals surface area (Å²) in [5.41, 5.74) is 2.34. The highest BCUT2D eigenvalue weighted by Crippen LogP contribution is 2.34. The van der Waals surface area contributed by atoms with Crippen LogP contribution in [0.3, 0.4) is 0 Å². The number of rotatable bonds is 9. The van der Waals surface area contributed by atoms with Crippen LogP contribution in [-0.2, 0) is 6.42 Å². The Labute approximate surface area is 141 Å². The molecule has 0 spiro atoms. The minimum atomic E-state index is 0.832. The van der Waals surface area contributed by atoms with Crippen molar-refractivity contribution in [1.29, 1.82) is 0 Å². The summed E-state index contributed by atoms with van der Waals surface area (Å²) >= 11 is 1.84. The van der Waals surface area contributed by atoms with E-state index in [9.17, 15) is 0 Å². The molecule has 0 radical (unpaired) electrons. The summed E-state index contributed by atoms with van der Waals surface area (Å²) in [6.07, 6.45) is 11.2. The van der Waals surface area contributed by atoms with E-state index < -0.39 is 0 Å². The number of aromatic nitrogens is 1. The van der Waals surface area contributed by atoms with E-state index in [1.807, 2.05) is 24.2 Å². The smallest absolute Gasteiger partial charge is 0.0473 e. The predicted molar refractivity (Wildman–Crippen MR) is 101 cm³/mol. The SMILES string of the molecule is CCCCCC.CN(C)CCc1cc(NSC2CC2)ccn1. The van der Waals surface area contributed by atoms with Gasteiger partial charge >= 0.3 is 0 Å². The fourth-order valence-electron chi connectivity index (χ4n) is 1.85. The van der Waals surface area contributed by atoms with Gasteiger partial charge in [0.1, 0.15) is 0 Å². The molecule has 1 aliphatic carbocycles. The van der Waals surface area contributed by atoms with Crippen LogP contribution in [0.2, 0.25) is 0 Å². The lowest BCUT2D eigenvalue weighted by molar-refractivity contribution is 0.412. The van der Waals surface area contributed by atoms with E-state index >= 15 is 0 Å². The highest BCUT2D eigenvalue weighted by atomic mass is 32.2. The molecule has 0 atom stereocenters. The number of hydrogen-bond donors (Lipinski definition) is 1. The zero-order chi connectivity index (χ0) is 16.2. The second kappa shape index (κ2) is 11.8. The molecule has 126 valence electrons. The molecule has 4 heteroatoms. The van der Waals surface area contributed by atoms with E-state index in [1.165, 1.54) is 44.2 Å². The van der Waals surface area contributed by atoms with Crippen LogP contribution in [0.15, 0.2) is 18.3 Å². The number of likely N-dealkylation sites (N-methyl/N-ethyl adjacent to an activating group) is 1. The summed E-state index contributed by atoms with van der Waals surface area (Å²) in [5, 5.41) is 0.832. The van der Waals surface area contributed by atoms with Crippen LogP contribution in [0, 0.1) is 0 Å². The van der Waals surface area contributed by atoms with Crippen LogP contribution in [0.4, 0.5) is 5.69 Å². The Morgan fingerprint density at radius 1 is 1.23 bits per heavy atom. The van der Waals surface area contributed by atoms with Crippen LogP contribution >= 0.6 is 11.9 Å². The van der Waals surface area contributed by atoms with Crippen LogP contribution in [0.25, 0.3) is 0 Å². The lowest BCUT2D eigenvalue weighted by atomic mass is 10.2. The standard InChI is InChI=1S/C12H19N3S.C6H14/c1-15(2)8-6-10-9-11(5-7-13-10)14-16-12-3-4-12;1-3-5-6-4-2/h5,7,9,12H,3-4,6,8H2,1-2H3,(H,13,14);3-6H2,1-2H3. The van der Waals surface area contributed by atoms with E-state index in [2.05, 4.69) is 48.6 Å². The van der Waals surface area contributed by atoms with E-state index in [1.54, 1.807) is 0 Å². The number of nitrogens with one attached hydrogen (secondary N) is 1. The molecule has 0 saturated heterocycles. The molecular weight excluding hydrogens is 290 g/mol. The molecule has 1 aromatic rings. The van der Waals surface area contributed by atoms with Crippen molar-refractivity contribution in [1.82, 2.24) is 9.88 Å². The Balaban J connectivity index is 0.000000346. The first kappa shape index (κ1) is 19.3. The summed E-state index contributed by atoms with van der Waals surface area (Å²) in [7, 11) is 4.18. The van der Waals surface area contributed by atoms with Gasteiger partial charge < -0.3 is 9.62 Å². The summed E-state index contributed by atoms with van der Waals surface area (Å²) in [5.74, 6) is 0. The van der Waals surface area contributed by atoms with Crippen LogP contribution in [-0.4, -0.2) is 35.8 Å². The predicted octanol–water partition coefficient (Wildman–Crippen LogP) is 4.99. The molecule has 1 aromatic heterocycles. The van der Waals surface area contributed by atoms with Crippen LogP contribution in [0.5, 0.6) is 0 Å². The highest BCUT2D eigenvalue weighted by Gasteiger charge is 2.21. The summed E-state index contributed by atoms with van der Waals surface area (Å²) in [6.45, 7) is 5.51. The zero-order valence-corrected chi connectivity index (χ0v) is 15.6. The number of anilines is 1. The molecule has 0 aliphatic heterocycles. The molecule has 0 amide bonds. The first-order chi connectivity index (χ1) is 10.7. The normalized spacial score (nSPS) is 13.7. The van der Waals surface area contributed by atoms with Crippen molar-refractivity contribution in [3.63, 3.8) is 0 Å². The van der Waals surface area contributed by atoms with E-state index in [0.29, 0.717) is 0 Å². The lowest BCUT2D eigenvalue weighted by Crippen LogP contribution is -2.15. The Morgan fingerprint density at radius 3 is 2.45 bits per heavy atom. The van der Waals surface area contributed by atoms with Gasteiger partial charge in [0, 0.05) is 35.8 Å². The minimum absolute atomic E-state index is 0.832. The van der Waals surface area contributed by atoms with E-state index in [4.69, 9.17) is 0 Å². The van der Waals surface area contributed by atoms with Crippen molar-refractivity contribution < 1.29 is 0 Å². The first-order valence-electron chi connectivity index (χ1n) is 8.67. The Kier molecular flexibility index (Phi) is 10.3. The summed E-state index contributed by atoms with van der Waals surface area (Å²) in [6, 6.07) is 4.19. The van der Waals surface area contributed by atoms with Crippen LogP contribution < -0.4 is 4.72 Å². The third kappa shape index (κ3) is 10.1. The average molecular weight is 324 g/mol. The fourth-order valence-corrected chi connectivity index (χ4v) is 2.66. The van der Waals surface area contributed by atoms with Gasteiger partial charge in [-0.25, -0.2) is 0 Å². The highest BCUT2D eigenvalue weighted by molar-refractivity contribution is 8.01. The van der Waals surface area contributed by atoms with Gasteiger partial charge in [-0.3, -0.25) is 4.98 Å². The van der Waals surface area contributed by atoms with Gasteiger partial charge in [-0.15, -0.1) is 0 Å². The third-order valence-corrected chi connectivity index (χ3v) is 4.61. The van der Waals surface area contributed by atoms with Gasteiger partial charge in [0.25, 0.3) is 0 Å². The molecule has 1 N–H and O–H groups in total. The molecule has 1 heterocycles. The third-order valence-electron chi connectivity index (χ3n) is 3.46. The molecule has 0 unspecified atom stereocenters. The summed E-state index contributed by atoms with van der Waals surface area (Å²) < 4.78 is 3.40. The quantitative estimate of drug-likeness (QED) is 0.511. The van der Waals surface area contributed by atoms with Crippen molar-refractivity contribution in [3.05, 3.63) is 24.0 Å². The van der Waals surface area contributed by atoms with Gasteiger partial charge in [-0.2, -0.15) is 0 Å².